The van der Waals surface area contributed by atoms with Gasteiger partial charge in [0.05, 0.1) is 5.56 Å². The van der Waals surface area contributed by atoms with E-state index in [0.717, 1.165) is 5.56 Å². The molecule has 1 heterocycles. The maximum Gasteiger partial charge on any atom is 0.344 e. The van der Waals surface area contributed by atoms with Gasteiger partial charge in [0.2, 0.25) is 5.78 Å². The Labute approximate surface area is 184 Å². The third-order valence-corrected chi connectivity index (χ3v) is 4.88. The summed E-state index contributed by atoms with van der Waals surface area (Å²) in [6.07, 6.45) is 1.75. The molecule has 0 aromatic heterocycles. The minimum Gasteiger partial charge on any atom is -0.481 e. The van der Waals surface area contributed by atoms with E-state index in [2.05, 4.69) is 32.9 Å². The molecule has 0 N–H and O–H groups in total. The molecule has 0 aliphatic carbocycles. The smallest absolute Gasteiger partial charge is 0.344 e. The van der Waals surface area contributed by atoms with Crippen molar-refractivity contribution in [3.05, 3.63) is 64.4 Å². The Balaban J connectivity index is 1.77. The lowest BCUT2D eigenvalue weighted by Gasteiger charge is -2.19. The normalized spacial score (nSPS) is 14.9. The highest BCUT2D eigenvalue weighted by molar-refractivity contribution is 6.15. The molecule has 2 aromatic rings. The number of carbonyl (C=O) groups is 2. The number of ketones is 1. The van der Waals surface area contributed by atoms with Crippen LogP contribution < -0.4 is 9.47 Å². The van der Waals surface area contributed by atoms with Gasteiger partial charge in [-0.15, -0.1) is 0 Å². The van der Waals surface area contributed by atoms with Crippen molar-refractivity contribution in [3.63, 3.8) is 0 Å². The fourth-order valence-corrected chi connectivity index (χ4v) is 3.26. The van der Waals surface area contributed by atoms with Crippen molar-refractivity contribution in [2.75, 3.05) is 6.61 Å². The molecule has 0 saturated heterocycles. The molecule has 5 heteroatoms. The molecule has 1 aliphatic rings. The highest BCUT2D eigenvalue weighted by Crippen LogP contribution is 2.39. The molecule has 0 spiro atoms. The van der Waals surface area contributed by atoms with Crippen LogP contribution in [0.4, 0.5) is 0 Å². The second kappa shape index (κ2) is 8.22. The Morgan fingerprint density at radius 1 is 1.00 bits per heavy atom. The largest absolute Gasteiger partial charge is 0.481 e. The van der Waals surface area contributed by atoms with Crippen molar-refractivity contribution in [1.82, 2.24) is 0 Å². The number of ether oxygens (including phenoxy) is 3. The highest BCUT2D eigenvalue weighted by atomic mass is 16.6. The van der Waals surface area contributed by atoms with Gasteiger partial charge in [0, 0.05) is 5.56 Å². The van der Waals surface area contributed by atoms with Crippen LogP contribution in [-0.2, 0) is 14.9 Å². The lowest BCUT2D eigenvalue weighted by Crippen LogP contribution is -2.27. The number of fused-ring (bicyclic) bond motifs is 1. The third-order valence-electron chi connectivity index (χ3n) is 4.88. The van der Waals surface area contributed by atoms with Crippen LogP contribution in [0.1, 0.15) is 68.6 Å². The first kappa shape index (κ1) is 22.6. The van der Waals surface area contributed by atoms with E-state index in [0.29, 0.717) is 22.6 Å². The molecular formula is C26H30O5. The number of allylic oxidation sites excluding steroid dienone is 1. The third kappa shape index (κ3) is 5.35. The van der Waals surface area contributed by atoms with Gasteiger partial charge in [-0.1, -0.05) is 45.0 Å². The Hall–Kier alpha value is -3.08. The van der Waals surface area contributed by atoms with Crippen LogP contribution in [0, 0.1) is 6.92 Å². The fraction of sp³-hybridized carbons (Fsp3) is 0.385. The van der Waals surface area contributed by atoms with Gasteiger partial charge in [-0.3, -0.25) is 4.79 Å². The van der Waals surface area contributed by atoms with E-state index >= 15 is 0 Å². The van der Waals surface area contributed by atoms with Gasteiger partial charge in [-0.05, 0) is 62.4 Å². The SMILES string of the molecule is Cc1c(OCC(=O)OC(C)(C)C)ccc2c1O/C(=C\c1ccc(C(C)(C)C)cc1)C2=O. The molecule has 0 bridgehead atoms. The van der Waals surface area contributed by atoms with Gasteiger partial charge in [-0.25, -0.2) is 4.79 Å². The molecule has 0 unspecified atom stereocenters. The molecule has 0 atom stereocenters. The Bertz CT molecular complexity index is 1030. The van der Waals surface area contributed by atoms with E-state index < -0.39 is 11.6 Å². The number of hydrogen-bond donors (Lipinski definition) is 0. The van der Waals surface area contributed by atoms with Crippen molar-refractivity contribution >= 4 is 17.8 Å². The number of esters is 1. The van der Waals surface area contributed by atoms with Crippen LogP contribution in [0.15, 0.2) is 42.2 Å². The molecule has 2 aromatic carbocycles. The van der Waals surface area contributed by atoms with Gasteiger partial charge >= 0.3 is 5.97 Å². The zero-order chi connectivity index (χ0) is 23.0. The van der Waals surface area contributed by atoms with E-state index in [1.807, 2.05) is 12.1 Å². The summed E-state index contributed by atoms with van der Waals surface area (Å²) in [5, 5.41) is 0. The molecule has 5 nitrogen and oxygen atoms in total. The predicted octanol–water partition coefficient (Wildman–Crippen LogP) is 5.63. The van der Waals surface area contributed by atoms with Crippen LogP contribution in [0.5, 0.6) is 11.5 Å². The zero-order valence-corrected chi connectivity index (χ0v) is 19.3. The van der Waals surface area contributed by atoms with Crippen LogP contribution in [-0.4, -0.2) is 24.0 Å². The van der Waals surface area contributed by atoms with Crippen LogP contribution >= 0.6 is 0 Å². The van der Waals surface area contributed by atoms with Crippen LogP contribution in [0.2, 0.25) is 0 Å². The number of Topliss-reactive ketones (excluding diaryl/α,β-unsaturated/α-hetero) is 1. The minimum atomic E-state index is -0.576. The zero-order valence-electron chi connectivity index (χ0n) is 19.3. The van der Waals surface area contributed by atoms with Crippen LogP contribution in [0.25, 0.3) is 6.08 Å². The van der Waals surface area contributed by atoms with Gasteiger partial charge in [0.15, 0.2) is 12.4 Å². The van der Waals surface area contributed by atoms with E-state index in [1.54, 1.807) is 45.9 Å². The number of benzene rings is 2. The first-order valence-electron chi connectivity index (χ1n) is 10.4. The Morgan fingerprint density at radius 2 is 1.65 bits per heavy atom. The summed E-state index contributed by atoms with van der Waals surface area (Å²) in [6, 6.07) is 11.4. The molecule has 0 fully saturated rings. The molecule has 0 saturated carbocycles. The van der Waals surface area contributed by atoms with Crippen molar-refractivity contribution in [2.24, 2.45) is 0 Å². The number of hydrogen-bond acceptors (Lipinski definition) is 5. The van der Waals surface area contributed by atoms with Gasteiger partial charge in [0.25, 0.3) is 0 Å². The first-order valence-corrected chi connectivity index (χ1v) is 10.4. The average Bonchev–Trinajstić information content (AvgIpc) is 2.96. The first-order chi connectivity index (χ1) is 14.3. The summed E-state index contributed by atoms with van der Waals surface area (Å²) in [7, 11) is 0. The highest BCUT2D eigenvalue weighted by Gasteiger charge is 2.30. The van der Waals surface area contributed by atoms with E-state index in [1.165, 1.54) is 5.56 Å². The van der Waals surface area contributed by atoms with Crippen molar-refractivity contribution in [1.29, 1.82) is 0 Å². The summed E-state index contributed by atoms with van der Waals surface area (Å²) in [5.41, 5.74) is 2.75. The van der Waals surface area contributed by atoms with E-state index in [-0.39, 0.29) is 23.6 Å². The lowest BCUT2D eigenvalue weighted by molar-refractivity contribution is -0.157. The predicted molar refractivity (Wildman–Crippen MR) is 121 cm³/mol. The van der Waals surface area contributed by atoms with Crippen molar-refractivity contribution in [3.8, 4) is 11.5 Å². The summed E-state index contributed by atoms with van der Waals surface area (Å²) < 4.78 is 16.8. The van der Waals surface area contributed by atoms with Crippen molar-refractivity contribution < 1.29 is 23.8 Å². The topological polar surface area (TPSA) is 61.8 Å². The number of rotatable bonds is 4. The molecule has 0 amide bonds. The van der Waals surface area contributed by atoms with Gasteiger partial charge in [-0.2, -0.15) is 0 Å². The summed E-state index contributed by atoms with van der Waals surface area (Å²) in [5.74, 6) is 0.587. The summed E-state index contributed by atoms with van der Waals surface area (Å²) in [6.45, 7) is 13.5. The quantitative estimate of drug-likeness (QED) is 0.472. The molecule has 1 aliphatic heterocycles. The standard InChI is InChI=1S/C26H30O5/c1-16-20(29-15-22(27)31-26(5,6)7)13-12-19-23(28)21(30-24(16)19)14-17-8-10-18(11-9-17)25(2,3)4/h8-14H,15H2,1-7H3/b21-14-. The minimum absolute atomic E-state index is 0.0639. The maximum atomic E-state index is 12.8. The van der Waals surface area contributed by atoms with Gasteiger partial charge in [0.1, 0.15) is 17.1 Å². The Morgan fingerprint density at radius 3 is 2.23 bits per heavy atom. The molecule has 164 valence electrons. The fourth-order valence-electron chi connectivity index (χ4n) is 3.26. The lowest BCUT2D eigenvalue weighted by atomic mass is 9.86. The monoisotopic (exact) mass is 422 g/mol. The van der Waals surface area contributed by atoms with Crippen molar-refractivity contribution in [2.45, 2.75) is 59.5 Å². The molecule has 31 heavy (non-hydrogen) atoms. The van der Waals surface area contributed by atoms with E-state index in [9.17, 15) is 9.59 Å². The summed E-state index contributed by atoms with van der Waals surface area (Å²) >= 11 is 0. The van der Waals surface area contributed by atoms with Gasteiger partial charge < -0.3 is 14.2 Å². The second-order valence-electron chi connectivity index (χ2n) is 9.75. The maximum absolute atomic E-state index is 12.8. The van der Waals surface area contributed by atoms with E-state index in [4.69, 9.17) is 14.2 Å². The Kier molecular flexibility index (Phi) is 5.99. The van der Waals surface area contributed by atoms with Crippen LogP contribution in [0.3, 0.4) is 0 Å². The molecule has 0 radical (unpaired) electrons. The summed E-state index contributed by atoms with van der Waals surface area (Å²) in [4.78, 5) is 24.7. The number of carbonyl (C=O) groups excluding carboxylic acids is 2. The average molecular weight is 423 g/mol. The molecule has 3 rings (SSSR count). The second-order valence-corrected chi connectivity index (χ2v) is 9.75. The molecular weight excluding hydrogens is 392 g/mol.